The number of phenolic OH excluding ortho intramolecular Hbond substituents is 2. The lowest BCUT2D eigenvalue weighted by atomic mass is 10.0. The van der Waals surface area contributed by atoms with Crippen LogP contribution in [0.25, 0.3) is 0 Å². The molecule has 4 nitrogen and oxygen atoms in total. The third kappa shape index (κ3) is 8.24. The summed E-state index contributed by atoms with van der Waals surface area (Å²) in [6.07, 6.45) is 5.30. The van der Waals surface area contributed by atoms with E-state index in [1.807, 2.05) is 38.1 Å². The molecule has 2 rings (SSSR count). The first-order valence-corrected chi connectivity index (χ1v) is 10.5. The molecular weight excluding hydrogens is 376 g/mol. The first-order valence-electron chi connectivity index (χ1n) is 10.5. The zero-order valence-corrected chi connectivity index (χ0v) is 18.2. The minimum atomic E-state index is 0.182. The molecule has 0 bridgehead atoms. The molecule has 0 radical (unpaired) electrons. The van der Waals surface area contributed by atoms with Crippen LogP contribution in [0.5, 0.6) is 23.0 Å². The molecule has 0 spiro atoms. The molecule has 0 saturated carbocycles. The van der Waals surface area contributed by atoms with Gasteiger partial charge in [-0.15, -0.1) is 13.2 Å². The van der Waals surface area contributed by atoms with E-state index in [9.17, 15) is 10.2 Å². The monoisotopic (exact) mass is 410 g/mol. The Bertz CT molecular complexity index is 783. The van der Waals surface area contributed by atoms with Crippen molar-refractivity contribution in [3.05, 3.63) is 71.8 Å². The summed E-state index contributed by atoms with van der Waals surface area (Å²) in [4.78, 5) is 0. The quantitative estimate of drug-likeness (QED) is 0.298. The molecule has 0 aromatic heterocycles. The second-order valence-corrected chi connectivity index (χ2v) is 7.92. The SMILES string of the molecule is C=C(C)CCOc1ccc(CCCCc2ccc(OCCC(=C)C)c(O)c2)cc1O. The van der Waals surface area contributed by atoms with Crippen molar-refractivity contribution < 1.29 is 19.7 Å². The average Bonchev–Trinajstić information content (AvgIpc) is 2.68. The Morgan fingerprint density at radius 3 is 1.47 bits per heavy atom. The van der Waals surface area contributed by atoms with E-state index < -0.39 is 0 Å². The van der Waals surface area contributed by atoms with Gasteiger partial charge in [-0.2, -0.15) is 0 Å². The molecule has 0 unspecified atom stereocenters. The second-order valence-electron chi connectivity index (χ2n) is 7.92. The maximum atomic E-state index is 10.1. The summed E-state index contributed by atoms with van der Waals surface area (Å²) in [5.74, 6) is 1.39. The van der Waals surface area contributed by atoms with E-state index in [0.717, 1.165) is 60.8 Å². The van der Waals surface area contributed by atoms with Gasteiger partial charge in [0.05, 0.1) is 13.2 Å². The van der Waals surface area contributed by atoms with Gasteiger partial charge in [0.2, 0.25) is 0 Å². The summed E-state index contributed by atoms with van der Waals surface area (Å²) in [5, 5.41) is 20.3. The highest BCUT2D eigenvalue weighted by atomic mass is 16.5. The van der Waals surface area contributed by atoms with E-state index in [0.29, 0.717) is 24.7 Å². The minimum Gasteiger partial charge on any atom is -0.504 e. The molecule has 0 aliphatic heterocycles. The largest absolute Gasteiger partial charge is 0.504 e. The van der Waals surface area contributed by atoms with E-state index in [1.54, 1.807) is 12.1 Å². The van der Waals surface area contributed by atoms with Crippen LogP contribution in [0.1, 0.15) is 50.7 Å². The zero-order valence-electron chi connectivity index (χ0n) is 18.2. The van der Waals surface area contributed by atoms with E-state index >= 15 is 0 Å². The molecule has 0 aliphatic rings. The maximum absolute atomic E-state index is 10.1. The van der Waals surface area contributed by atoms with Gasteiger partial charge in [0.15, 0.2) is 23.0 Å². The second kappa shape index (κ2) is 12.0. The first-order chi connectivity index (χ1) is 14.3. The Morgan fingerprint density at radius 2 is 1.13 bits per heavy atom. The third-order valence-corrected chi connectivity index (χ3v) is 4.80. The summed E-state index contributed by atoms with van der Waals surface area (Å²) >= 11 is 0. The summed E-state index contributed by atoms with van der Waals surface area (Å²) in [7, 11) is 0. The smallest absolute Gasteiger partial charge is 0.160 e. The van der Waals surface area contributed by atoms with Gasteiger partial charge in [0, 0.05) is 12.8 Å². The topological polar surface area (TPSA) is 58.9 Å². The lowest BCUT2D eigenvalue weighted by Gasteiger charge is -2.10. The van der Waals surface area contributed by atoms with Crippen LogP contribution in [0.2, 0.25) is 0 Å². The lowest BCUT2D eigenvalue weighted by Crippen LogP contribution is -1.98. The third-order valence-electron chi connectivity index (χ3n) is 4.80. The molecule has 0 saturated heterocycles. The number of ether oxygens (including phenoxy) is 2. The van der Waals surface area contributed by atoms with Gasteiger partial charge in [-0.3, -0.25) is 0 Å². The van der Waals surface area contributed by atoms with Gasteiger partial charge in [0.1, 0.15) is 0 Å². The predicted octanol–water partition coefficient (Wildman–Crippen LogP) is 6.35. The van der Waals surface area contributed by atoms with E-state index in [2.05, 4.69) is 13.2 Å². The van der Waals surface area contributed by atoms with Crippen molar-refractivity contribution >= 4 is 0 Å². The van der Waals surface area contributed by atoms with E-state index in [1.165, 1.54) is 0 Å². The number of aryl methyl sites for hydroxylation is 2. The molecule has 0 amide bonds. The molecule has 162 valence electrons. The molecule has 0 atom stereocenters. The molecule has 2 N–H and O–H groups in total. The predicted molar refractivity (Wildman–Crippen MR) is 123 cm³/mol. The summed E-state index contributed by atoms with van der Waals surface area (Å²) in [6, 6.07) is 11.2. The number of benzene rings is 2. The zero-order chi connectivity index (χ0) is 21.9. The van der Waals surface area contributed by atoms with Crippen LogP contribution in [0.3, 0.4) is 0 Å². The Balaban J connectivity index is 1.75. The summed E-state index contributed by atoms with van der Waals surface area (Å²) in [5.41, 5.74) is 4.29. The van der Waals surface area contributed by atoms with Crippen molar-refractivity contribution in [1.82, 2.24) is 0 Å². The Kier molecular flexibility index (Phi) is 9.33. The van der Waals surface area contributed by atoms with Crippen LogP contribution >= 0.6 is 0 Å². The fourth-order valence-corrected chi connectivity index (χ4v) is 3.01. The van der Waals surface area contributed by atoms with Crippen LogP contribution in [0, 0.1) is 0 Å². The highest BCUT2D eigenvalue weighted by Gasteiger charge is 2.06. The Hall–Kier alpha value is -2.88. The van der Waals surface area contributed by atoms with Gasteiger partial charge < -0.3 is 19.7 Å². The fraction of sp³-hybridized carbons (Fsp3) is 0.385. The fourth-order valence-electron chi connectivity index (χ4n) is 3.01. The molecule has 0 aliphatic carbocycles. The van der Waals surface area contributed by atoms with Gasteiger partial charge in [-0.1, -0.05) is 23.3 Å². The molecule has 0 heterocycles. The number of aromatic hydroxyl groups is 2. The molecule has 30 heavy (non-hydrogen) atoms. The highest BCUT2D eigenvalue weighted by Crippen LogP contribution is 2.29. The van der Waals surface area contributed by atoms with Gasteiger partial charge >= 0.3 is 0 Å². The first kappa shape index (κ1) is 23.4. The van der Waals surface area contributed by atoms with Crippen molar-refractivity contribution in [3.63, 3.8) is 0 Å². The number of rotatable bonds is 13. The van der Waals surface area contributed by atoms with Crippen molar-refractivity contribution in [2.75, 3.05) is 13.2 Å². The Labute approximate surface area is 180 Å². The van der Waals surface area contributed by atoms with Crippen LogP contribution in [0.4, 0.5) is 0 Å². The van der Waals surface area contributed by atoms with E-state index in [-0.39, 0.29) is 11.5 Å². The summed E-state index contributed by atoms with van der Waals surface area (Å²) in [6.45, 7) is 12.7. The van der Waals surface area contributed by atoms with Gasteiger partial charge in [0.25, 0.3) is 0 Å². The minimum absolute atomic E-state index is 0.182. The lowest BCUT2D eigenvalue weighted by molar-refractivity contribution is 0.303. The molecule has 0 fully saturated rings. The van der Waals surface area contributed by atoms with Crippen molar-refractivity contribution in [3.8, 4) is 23.0 Å². The number of unbranched alkanes of at least 4 members (excludes halogenated alkanes) is 1. The average molecular weight is 411 g/mol. The molecular formula is C26H34O4. The normalized spacial score (nSPS) is 10.6. The van der Waals surface area contributed by atoms with Gasteiger partial charge in [-0.25, -0.2) is 0 Å². The Morgan fingerprint density at radius 1 is 0.733 bits per heavy atom. The number of phenols is 2. The standard InChI is InChI=1S/C26H34O4/c1-19(2)13-15-29-25-11-9-21(17-23(25)27)7-5-6-8-22-10-12-26(24(28)18-22)30-16-14-20(3)4/h9-12,17-18,27-28H,1,3,5-8,13-16H2,2,4H3. The maximum Gasteiger partial charge on any atom is 0.160 e. The van der Waals surface area contributed by atoms with Crippen molar-refractivity contribution in [1.29, 1.82) is 0 Å². The van der Waals surface area contributed by atoms with E-state index in [4.69, 9.17) is 9.47 Å². The summed E-state index contributed by atoms with van der Waals surface area (Å²) < 4.78 is 11.2. The molecule has 2 aromatic rings. The molecule has 4 heteroatoms. The number of hydrogen-bond acceptors (Lipinski definition) is 4. The number of hydrogen-bond donors (Lipinski definition) is 2. The van der Waals surface area contributed by atoms with Crippen molar-refractivity contribution in [2.45, 2.75) is 52.4 Å². The highest BCUT2D eigenvalue weighted by molar-refractivity contribution is 5.42. The van der Waals surface area contributed by atoms with Crippen LogP contribution in [-0.4, -0.2) is 23.4 Å². The van der Waals surface area contributed by atoms with Crippen molar-refractivity contribution in [2.24, 2.45) is 0 Å². The van der Waals surface area contributed by atoms with Crippen LogP contribution in [-0.2, 0) is 12.8 Å². The van der Waals surface area contributed by atoms with Gasteiger partial charge in [-0.05, 0) is 74.9 Å². The van der Waals surface area contributed by atoms with Crippen LogP contribution in [0.15, 0.2) is 60.7 Å². The van der Waals surface area contributed by atoms with Crippen LogP contribution < -0.4 is 9.47 Å². The molecule has 2 aromatic carbocycles.